The van der Waals surface area contributed by atoms with E-state index in [0.717, 1.165) is 0 Å². The van der Waals surface area contributed by atoms with Gasteiger partial charge in [-0.15, -0.1) is 0 Å². The van der Waals surface area contributed by atoms with Crippen molar-refractivity contribution in [3.8, 4) is 0 Å². The summed E-state index contributed by atoms with van der Waals surface area (Å²) in [4.78, 5) is 0. The maximum Gasteiger partial charge on any atom is 2.00 e. The van der Waals surface area contributed by atoms with Crippen molar-refractivity contribution in [2.75, 3.05) is 0 Å². The molecule has 0 radical (unpaired) electrons. The summed E-state index contributed by atoms with van der Waals surface area (Å²) in [5.41, 5.74) is 1.32. The van der Waals surface area contributed by atoms with Crippen molar-refractivity contribution in [2.45, 2.75) is 6.92 Å². The second kappa shape index (κ2) is 7.68. The van der Waals surface area contributed by atoms with Gasteiger partial charge in [0, 0.05) is 0 Å². The summed E-state index contributed by atoms with van der Waals surface area (Å²) in [5, 5.41) is 2.64. The van der Waals surface area contributed by atoms with E-state index in [2.05, 4.69) is 49.4 Å². The zero-order valence-electron chi connectivity index (χ0n) is 8.00. The molecule has 14 heavy (non-hydrogen) atoms. The average molecular weight is 326 g/mol. The summed E-state index contributed by atoms with van der Waals surface area (Å²) in [6.45, 7) is 2.12. The van der Waals surface area contributed by atoms with Crippen molar-refractivity contribution in [3.63, 3.8) is 0 Å². The first kappa shape index (κ1) is 16.8. The van der Waals surface area contributed by atoms with Crippen LogP contribution in [0.2, 0.25) is 0 Å². The first-order valence-corrected chi connectivity index (χ1v) is 3.82. The van der Waals surface area contributed by atoms with E-state index in [4.69, 9.17) is 0 Å². The van der Waals surface area contributed by atoms with Crippen molar-refractivity contribution >= 4 is 33.8 Å². The summed E-state index contributed by atoms with van der Waals surface area (Å²) >= 11 is 0. The number of benzene rings is 2. The molecule has 0 nitrogen and oxygen atoms in total. The van der Waals surface area contributed by atoms with Gasteiger partial charge in [-0.05, 0) is 17.7 Å². The van der Waals surface area contributed by atoms with Gasteiger partial charge in [-0.2, -0.15) is 0 Å². The Bertz CT molecular complexity index is 388. The predicted molar refractivity (Wildman–Crippen MR) is 54.4 cm³/mol. The maximum absolute atomic E-state index is 2.20. The minimum atomic E-state index is 0. The molecular weight excluding hydrogens is 316 g/mol. The fourth-order valence-electron chi connectivity index (χ4n) is 1.31. The Morgan fingerprint density at radius 1 is 0.786 bits per heavy atom. The van der Waals surface area contributed by atoms with Crippen LogP contribution in [0.3, 0.4) is 0 Å². The van der Waals surface area contributed by atoms with Gasteiger partial charge in [-0.1, -0.05) is 48.0 Å². The van der Waals surface area contributed by atoms with Crippen molar-refractivity contribution in [2.24, 2.45) is 0 Å². The third-order valence-corrected chi connectivity index (χ3v) is 1.90. The third kappa shape index (κ3) is 3.89. The van der Waals surface area contributed by atoms with Gasteiger partial charge in [0.25, 0.3) is 0 Å². The van der Waals surface area contributed by atoms with E-state index in [1.807, 2.05) is 0 Å². The van der Waals surface area contributed by atoms with Crippen molar-refractivity contribution in [3.05, 3.63) is 48.0 Å². The normalized spacial score (nSPS) is 8.07. The maximum atomic E-state index is 2.20. The number of rotatable bonds is 0. The minimum absolute atomic E-state index is 0. The van der Waals surface area contributed by atoms with E-state index < -0.39 is 0 Å². The number of aryl methyl sites for hydroxylation is 1. The molecule has 0 aliphatic rings. The summed E-state index contributed by atoms with van der Waals surface area (Å²) < 4.78 is 0. The zero-order chi connectivity index (χ0) is 7.68. The molecule has 0 saturated carbocycles. The van der Waals surface area contributed by atoms with Crippen LogP contribution in [0.15, 0.2) is 42.5 Å². The smallest absolute Gasteiger partial charge is 1.00 e. The van der Waals surface area contributed by atoms with Gasteiger partial charge in [-0.3, -0.25) is 0 Å². The largest absolute Gasteiger partial charge is 2.00 e. The first-order valence-electron chi connectivity index (χ1n) is 3.82. The van der Waals surface area contributed by atoms with Crippen LogP contribution in [0, 0.1) is 6.92 Å². The van der Waals surface area contributed by atoms with Gasteiger partial charge in [-0.25, -0.2) is 0 Å². The summed E-state index contributed by atoms with van der Waals surface area (Å²) in [5.74, 6) is 0. The van der Waals surface area contributed by atoms with Crippen LogP contribution in [0.1, 0.15) is 5.56 Å². The summed E-state index contributed by atoms with van der Waals surface area (Å²) in [6, 6.07) is 14.9. The van der Waals surface area contributed by atoms with Crippen LogP contribution >= 0.6 is 0 Å². The molecule has 70 valence electrons. The molecule has 2 aromatic rings. The van der Waals surface area contributed by atoms with Crippen molar-refractivity contribution in [1.82, 2.24) is 0 Å². The Labute approximate surface area is 122 Å². The van der Waals surface area contributed by atoms with Gasteiger partial charge in [0.1, 0.15) is 0 Å². The zero-order valence-corrected chi connectivity index (χ0v) is 12.6. The van der Waals surface area contributed by atoms with E-state index in [1.54, 1.807) is 0 Å². The van der Waals surface area contributed by atoms with Crippen molar-refractivity contribution in [1.29, 1.82) is 0 Å². The van der Waals surface area contributed by atoms with E-state index >= 15 is 0 Å². The third-order valence-electron chi connectivity index (χ3n) is 1.90. The van der Waals surface area contributed by atoms with E-state index in [-0.39, 0.29) is 57.0 Å². The van der Waals surface area contributed by atoms with E-state index in [9.17, 15) is 0 Å². The molecule has 0 spiro atoms. The Kier molecular flexibility index (Phi) is 9.24. The van der Waals surface area contributed by atoms with Gasteiger partial charge >= 0.3 is 23.1 Å². The molecule has 0 saturated heterocycles. The molecule has 2 rings (SSSR count). The molecule has 0 N–H and O–H groups in total. The fraction of sp³-hybridized carbons (Fsp3) is 0.0909. The molecule has 3 heteroatoms. The molecule has 0 aliphatic carbocycles. The molecule has 0 aliphatic heterocycles. The minimum Gasteiger partial charge on any atom is -1.00 e. The Hall–Kier alpha value is 0.426. The number of halogens is 2. The molecule has 0 amide bonds. The number of hydrogen-bond acceptors (Lipinski definition) is 0. The van der Waals surface area contributed by atoms with Gasteiger partial charge in [0.2, 0.25) is 0 Å². The topological polar surface area (TPSA) is 0 Å². The quantitative estimate of drug-likeness (QED) is 0.447. The summed E-state index contributed by atoms with van der Waals surface area (Å²) in [6.07, 6.45) is 0. The second-order valence-corrected chi connectivity index (χ2v) is 2.85. The fourth-order valence-corrected chi connectivity index (χ4v) is 1.31. The molecule has 0 heterocycles. The van der Waals surface area contributed by atoms with Gasteiger partial charge in [0.15, 0.2) is 0 Å². The Balaban J connectivity index is 0. The van der Waals surface area contributed by atoms with Crippen LogP contribution in [-0.2, 0) is 0 Å². The number of fused-ring (bicyclic) bond motifs is 1. The number of hydrogen-bond donors (Lipinski definition) is 0. The van der Waals surface area contributed by atoms with Crippen LogP contribution in [0.25, 0.3) is 10.8 Å². The SMILES string of the molecule is Cc1ccc2ccccc2c1.[Br-].[Br-].[Mg+2]. The molecule has 2 aromatic carbocycles. The second-order valence-electron chi connectivity index (χ2n) is 2.85. The van der Waals surface area contributed by atoms with Crippen LogP contribution < -0.4 is 34.0 Å². The molecular formula is C11H10Br2Mg. The summed E-state index contributed by atoms with van der Waals surface area (Å²) in [7, 11) is 0. The predicted octanol–water partition coefficient (Wildman–Crippen LogP) is -3.22. The van der Waals surface area contributed by atoms with E-state index in [0.29, 0.717) is 0 Å². The monoisotopic (exact) mass is 324 g/mol. The van der Waals surface area contributed by atoms with Gasteiger partial charge < -0.3 is 34.0 Å². The van der Waals surface area contributed by atoms with Crippen LogP contribution in [0.5, 0.6) is 0 Å². The Morgan fingerprint density at radius 3 is 2.00 bits per heavy atom. The molecule has 0 unspecified atom stereocenters. The molecule has 0 fully saturated rings. The molecule has 0 atom stereocenters. The standard InChI is InChI=1S/C11H10.2BrH.Mg/c1-9-6-7-10-4-2-3-5-11(10)8-9;;;/h2-8H,1H3;2*1H;/q;;;+2/p-2. The average Bonchev–Trinajstić information content (AvgIpc) is 2.04. The van der Waals surface area contributed by atoms with Crippen LogP contribution in [-0.4, -0.2) is 23.1 Å². The molecule has 0 aromatic heterocycles. The van der Waals surface area contributed by atoms with Crippen LogP contribution in [0.4, 0.5) is 0 Å². The van der Waals surface area contributed by atoms with E-state index in [1.165, 1.54) is 16.3 Å². The van der Waals surface area contributed by atoms with Gasteiger partial charge in [0.05, 0.1) is 0 Å². The Morgan fingerprint density at radius 2 is 1.36 bits per heavy atom. The molecule has 0 bridgehead atoms. The van der Waals surface area contributed by atoms with Crippen molar-refractivity contribution < 1.29 is 34.0 Å². The first-order chi connectivity index (χ1) is 5.36.